The van der Waals surface area contributed by atoms with Crippen LogP contribution < -0.4 is 4.57 Å². The van der Waals surface area contributed by atoms with Crippen molar-refractivity contribution in [2.75, 3.05) is 0 Å². The second kappa shape index (κ2) is 10.7. The third-order valence-corrected chi connectivity index (χ3v) is 9.64. The molecule has 1 N–H and O–H groups in total. The molecule has 5 nitrogen and oxygen atoms in total. The second-order valence-electron chi connectivity index (χ2n) is 12.3. The highest BCUT2D eigenvalue weighted by Crippen LogP contribution is 2.47. The molecule has 0 spiro atoms. The number of imidazole rings is 1. The van der Waals surface area contributed by atoms with Crippen LogP contribution in [0.2, 0.25) is 0 Å². The fraction of sp³-hybridized carbons (Fsp3) is 0. The number of phenolic OH excluding ortho intramolecular Hbond substituents is 1. The van der Waals surface area contributed by atoms with Crippen molar-refractivity contribution in [2.45, 2.75) is 0 Å². The molecule has 0 amide bonds. The molecule has 0 unspecified atom stereocenters. The molecule has 0 atom stereocenters. The van der Waals surface area contributed by atoms with E-state index in [1.807, 2.05) is 41.1 Å². The van der Waals surface area contributed by atoms with Crippen LogP contribution in [-0.4, -0.2) is 19.2 Å². The highest BCUT2D eigenvalue weighted by molar-refractivity contribution is 6.08. The van der Waals surface area contributed by atoms with Crippen LogP contribution in [-0.2, 0) is 0 Å². The number of aromatic hydroxyl groups is 1. The monoisotopic (exact) mass is 628 g/mol. The molecule has 0 saturated carbocycles. The number of phenols is 1. The van der Waals surface area contributed by atoms with Gasteiger partial charge in [-0.25, -0.2) is 4.98 Å². The number of hydrogen-bond acceptors (Lipinski definition) is 2. The topological polar surface area (TPSA) is 46.9 Å². The van der Waals surface area contributed by atoms with Crippen molar-refractivity contribution in [3.8, 4) is 67.6 Å². The Hall–Kier alpha value is -6.72. The first kappa shape index (κ1) is 27.4. The molecule has 1 aliphatic rings. The third-order valence-electron chi connectivity index (χ3n) is 9.64. The van der Waals surface area contributed by atoms with Gasteiger partial charge in [0.15, 0.2) is 0 Å². The summed E-state index contributed by atoms with van der Waals surface area (Å²) in [6.45, 7) is 0. The van der Waals surface area contributed by atoms with Crippen LogP contribution in [0.5, 0.6) is 5.75 Å². The zero-order chi connectivity index (χ0) is 32.5. The molecule has 0 fully saturated rings. The summed E-state index contributed by atoms with van der Waals surface area (Å²) in [5, 5.41) is 13.5. The minimum Gasteiger partial charge on any atom is -0.511 e. The van der Waals surface area contributed by atoms with Crippen molar-refractivity contribution in [2.24, 2.45) is 0 Å². The van der Waals surface area contributed by atoms with Gasteiger partial charge in [0.1, 0.15) is 17.1 Å². The minimum absolute atomic E-state index is 0.182. The summed E-state index contributed by atoms with van der Waals surface area (Å²) in [4.78, 5) is 4.87. The van der Waals surface area contributed by atoms with E-state index in [0.717, 1.165) is 78.1 Å². The number of hydrogen-bond donors (Lipinski definition) is 1. The van der Waals surface area contributed by atoms with E-state index in [0.29, 0.717) is 5.69 Å². The van der Waals surface area contributed by atoms with Crippen molar-refractivity contribution in [1.29, 1.82) is 0 Å². The molecule has 0 radical (unpaired) electrons. The lowest BCUT2D eigenvalue weighted by atomic mass is 9.87. The van der Waals surface area contributed by atoms with Crippen LogP contribution in [0.4, 0.5) is 0 Å². The van der Waals surface area contributed by atoms with Crippen molar-refractivity contribution in [3.63, 3.8) is 0 Å². The van der Waals surface area contributed by atoms with Crippen LogP contribution in [0.3, 0.4) is 0 Å². The number of pyridine rings is 1. The zero-order valence-electron chi connectivity index (χ0n) is 26.3. The second-order valence-corrected chi connectivity index (χ2v) is 12.3. The lowest BCUT2D eigenvalue weighted by Gasteiger charge is -2.24. The Bertz CT molecular complexity index is 2680. The third kappa shape index (κ3) is 4.06. The minimum atomic E-state index is 0.182. The summed E-state index contributed by atoms with van der Waals surface area (Å²) >= 11 is 0. The zero-order valence-corrected chi connectivity index (χ0v) is 26.3. The fourth-order valence-electron chi connectivity index (χ4n) is 7.53. The molecule has 9 aromatic rings. The smallest absolute Gasteiger partial charge is 0.270 e. The molecular formula is C44H28N4O. The Morgan fingerprint density at radius 3 is 2.04 bits per heavy atom. The Balaban J connectivity index is 1.38. The van der Waals surface area contributed by atoms with E-state index in [4.69, 9.17) is 4.98 Å². The number of para-hydroxylation sites is 3. The molecule has 0 aliphatic carbocycles. The summed E-state index contributed by atoms with van der Waals surface area (Å²) in [6, 6.07) is 54.4. The predicted molar refractivity (Wildman–Crippen MR) is 195 cm³/mol. The van der Waals surface area contributed by atoms with E-state index in [2.05, 4.69) is 137 Å². The number of nitrogens with zero attached hydrogens (tertiary/aromatic N) is 4. The van der Waals surface area contributed by atoms with Crippen LogP contribution >= 0.6 is 0 Å². The Kier molecular flexibility index (Phi) is 5.96. The predicted octanol–water partition coefficient (Wildman–Crippen LogP) is 9.73. The van der Waals surface area contributed by atoms with E-state index in [9.17, 15) is 5.11 Å². The maximum Gasteiger partial charge on any atom is 0.270 e. The summed E-state index contributed by atoms with van der Waals surface area (Å²) in [6.07, 6.45) is 5.61. The standard InChI is InChI=1S/C44H28N4O/c49-41-23-11-10-22-39(41)46-28-47-40-27-30(48-38-21-9-8-18-34(38)37-20-12-26-45-44(37)48)24-25-35(40)32-16-5-4-15-31(32)33-17-6-7-19-36(33)43(47)42(46)29-13-2-1-3-14-29/h1-27,49H. The SMILES string of the molecule is Oc1ccccc1-[n+]1[c-]n2c(c1-c1ccccc1)-c1ccccc1-c1ccccc1-c1ccc(-n3c4ccccc4c4cccnc43)cc1-2. The molecule has 10 rings (SSSR count). The average Bonchev–Trinajstić information content (AvgIpc) is 3.71. The van der Waals surface area contributed by atoms with Crippen molar-refractivity contribution in [1.82, 2.24) is 14.1 Å². The lowest BCUT2D eigenvalue weighted by molar-refractivity contribution is -0.588. The molecular weight excluding hydrogens is 601 g/mol. The van der Waals surface area contributed by atoms with E-state index < -0.39 is 0 Å². The summed E-state index contributed by atoms with van der Waals surface area (Å²) in [5.41, 5.74) is 13.2. The van der Waals surface area contributed by atoms with E-state index in [1.165, 1.54) is 0 Å². The maximum absolute atomic E-state index is 11.3. The number of aromatic nitrogens is 4. The summed E-state index contributed by atoms with van der Waals surface area (Å²) in [7, 11) is 0. The number of benzene rings is 6. The summed E-state index contributed by atoms with van der Waals surface area (Å²) < 4.78 is 6.44. The highest BCUT2D eigenvalue weighted by Gasteiger charge is 2.29. The number of rotatable bonds is 3. The lowest BCUT2D eigenvalue weighted by Crippen LogP contribution is -2.31. The maximum atomic E-state index is 11.3. The van der Waals surface area contributed by atoms with Gasteiger partial charge in [-0.3, -0.25) is 13.7 Å². The molecule has 4 heterocycles. The van der Waals surface area contributed by atoms with Gasteiger partial charge in [-0.1, -0.05) is 115 Å². The van der Waals surface area contributed by atoms with Crippen LogP contribution in [0.25, 0.3) is 83.8 Å². The first-order chi connectivity index (χ1) is 24.3. The fourth-order valence-corrected chi connectivity index (χ4v) is 7.53. The Morgan fingerprint density at radius 1 is 0.571 bits per heavy atom. The van der Waals surface area contributed by atoms with Crippen molar-refractivity contribution in [3.05, 3.63) is 170 Å². The molecule has 6 aromatic carbocycles. The van der Waals surface area contributed by atoms with Gasteiger partial charge in [0, 0.05) is 22.7 Å². The molecule has 3 aromatic heterocycles. The molecule has 1 aliphatic heterocycles. The van der Waals surface area contributed by atoms with E-state index >= 15 is 0 Å². The normalized spacial score (nSPS) is 11.8. The molecule has 0 saturated heterocycles. The molecule has 0 bridgehead atoms. The van der Waals surface area contributed by atoms with Gasteiger partial charge in [0.25, 0.3) is 6.33 Å². The van der Waals surface area contributed by atoms with Crippen LogP contribution in [0, 0.1) is 6.33 Å². The first-order valence-corrected chi connectivity index (χ1v) is 16.4. The summed E-state index contributed by atoms with van der Waals surface area (Å²) in [5.74, 6) is 0.182. The highest BCUT2D eigenvalue weighted by atomic mass is 16.3. The van der Waals surface area contributed by atoms with Gasteiger partial charge in [0.05, 0.1) is 22.6 Å². The molecule has 49 heavy (non-hydrogen) atoms. The largest absolute Gasteiger partial charge is 0.511 e. The Morgan fingerprint density at radius 2 is 1.22 bits per heavy atom. The van der Waals surface area contributed by atoms with Crippen LogP contribution in [0.15, 0.2) is 164 Å². The van der Waals surface area contributed by atoms with E-state index in [1.54, 1.807) is 6.07 Å². The van der Waals surface area contributed by atoms with Gasteiger partial charge >= 0.3 is 0 Å². The first-order valence-electron chi connectivity index (χ1n) is 16.4. The van der Waals surface area contributed by atoms with Gasteiger partial charge in [0.2, 0.25) is 0 Å². The Labute approximate surface area is 282 Å². The molecule has 5 heteroatoms. The van der Waals surface area contributed by atoms with Crippen LogP contribution in [0.1, 0.15) is 0 Å². The van der Waals surface area contributed by atoms with E-state index in [-0.39, 0.29) is 5.75 Å². The average molecular weight is 629 g/mol. The number of fused-ring (bicyclic) bond motifs is 11. The molecule has 230 valence electrons. The van der Waals surface area contributed by atoms with Gasteiger partial charge < -0.3 is 5.11 Å². The van der Waals surface area contributed by atoms with Crippen molar-refractivity contribution < 1.29 is 9.67 Å². The van der Waals surface area contributed by atoms with Gasteiger partial charge in [-0.05, 0) is 75.8 Å². The quantitative estimate of drug-likeness (QED) is 0.156. The van der Waals surface area contributed by atoms with Gasteiger partial charge in [-0.15, -0.1) is 0 Å². The van der Waals surface area contributed by atoms with Gasteiger partial charge in [-0.2, -0.15) is 0 Å². The van der Waals surface area contributed by atoms with Crippen molar-refractivity contribution >= 4 is 21.9 Å².